The van der Waals surface area contributed by atoms with Crippen molar-refractivity contribution in [3.63, 3.8) is 0 Å². The molecule has 0 saturated heterocycles. The second-order valence-corrected chi connectivity index (χ2v) is 5.70. The van der Waals surface area contributed by atoms with Crippen LogP contribution in [0.25, 0.3) is 0 Å². The van der Waals surface area contributed by atoms with Crippen molar-refractivity contribution in [3.05, 3.63) is 47.4 Å². The van der Waals surface area contributed by atoms with Gasteiger partial charge >= 0.3 is 6.18 Å². The lowest BCUT2D eigenvalue weighted by molar-refractivity contribution is -0.105. The maximum Gasteiger partial charge on any atom is 0.398 e. The average Bonchev–Trinajstić information content (AvgIpc) is 2.76. The van der Waals surface area contributed by atoms with Crippen molar-refractivity contribution in [2.45, 2.75) is 24.9 Å². The van der Waals surface area contributed by atoms with E-state index in [1.807, 2.05) is 0 Å². The van der Waals surface area contributed by atoms with Crippen LogP contribution < -0.4 is 5.32 Å². The molecule has 1 amide bonds. The molecule has 1 aromatic heterocycles. The van der Waals surface area contributed by atoms with Crippen molar-refractivity contribution in [2.24, 2.45) is 0 Å². The van der Waals surface area contributed by atoms with Crippen LogP contribution in [0.5, 0.6) is 0 Å². The van der Waals surface area contributed by atoms with Crippen molar-refractivity contribution >= 4 is 23.4 Å². The van der Waals surface area contributed by atoms with Gasteiger partial charge < -0.3 is 9.73 Å². The molecule has 1 aromatic carbocycles. The molecule has 0 bridgehead atoms. The molecule has 0 aliphatic heterocycles. The number of hydrogen-bond acceptors (Lipinski definition) is 3. The molecular formula is C15H14F3NO2S. The number of benzene rings is 1. The molecule has 0 aliphatic rings. The minimum absolute atomic E-state index is 0.347. The van der Waals surface area contributed by atoms with Crippen LogP contribution in [0.3, 0.4) is 0 Å². The SMILES string of the molecule is Cc1cc(C(=O)Nc2ccccc2SCC(F)(F)F)c(C)o1. The number of thioether (sulfide) groups is 1. The third-order valence-electron chi connectivity index (χ3n) is 2.81. The zero-order chi connectivity index (χ0) is 16.3. The van der Waals surface area contributed by atoms with Crippen LogP contribution in [-0.4, -0.2) is 17.8 Å². The van der Waals surface area contributed by atoms with E-state index in [-0.39, 0.29) is 0 Å². The standard InChI is InChI=1S/C15H14F3NO2S/c1-9-7-11(10(2)21-9)14(20)19-12-5-3-4-6-13(12)22-8-15(16,17)18/h3-7H,8H2,1-2H3,(H,19,20). The summed E-state index contributed by atoms with van der Waals surface area (Å²) in [5.41, 5.74) is 0.716. The Morgan fingerprint density at radius 2 is 1.95 bits per heavy atom. The Kier molecular flexibility index (Phi) is 4.85. The summed E-state index contributed by atoms with van der Waals surface area (Å²) in [4.78, 5) is 12.6. The topological polar surface area (TPSA) is 42.2 Å². The zero-order valence-corrected chi connectivity index (χ0v) is 12.8. The van der Waals surface area contributed by atoms with Gasteiger partial charge in [0, 0.05) is 4.90 Å². The van der Waals surface area contributed by atoms with Gasteiger partial charge in [0.05, 0.1) is 17.0 Å². The number of carbonyl (C=O) groups excluding carboxylic acids is 1. The molecular weight excluding hydrogens is 315 g/mol. The molecule has 2 aromatic rings. The van der Waals surface area contributed by atoms with Gasteiger partial charge in [0.1, 0.15) is 11.5 Å². The predicted octanol–water partition coefficient (Wildman–Crippen LogP) is 4.80. The van der Waals surface area contributed by atoms with E-state index in [1.165, 1.54) is 0 Å². The maximum absolute atomic E-state index is 12.3. The van der Waals surface area contributed by atoms with Crippen molar-refractivity contribution in [2.75, 3.05) is 11.1 Å². The van der Waals surface area contributed by atoms with Gasteiger partial charge in [-0.25, -0.2) is 0 Å². The molecule has 0 atom stereocenters. The fourth-order valence-corrected chi connectivity index (χ4v) is 2.67. The number of halogens is 3. The summed E-state index contributed by atoms with van der Waals surface area (Å²) in [5, 5.41) is 2.63. The second-order valence-electron chi connectivity index (χ2n) is 4.68. The van der Waals surface area contributed by atoms with Gasteiger partial charge in [-0.3, -0.25) is 4.79 Å². The predicted molar refractivity (Wildman–Crippen MR) is 79.4 cm³/mol. The lowest BCUT2D eigenvalue weighted by Crippen LogP contribution is -2.14. The second kappa shape index (κ2) is 6.48. The minimum Gasteiger partial charge on any atom is -0.466 e. The Labute approximate surface area is 129 Å². The number of hydrogen-bond donors (Lipinski definition) is 1. The Morgan fingerprint density at radius 3 is 2.55 bits per heavy atom. The maximum atomic E-state index is 12.3. The Bertz CT molecular complexity index is 680. The number of furan rings is 1. The number of amides is 1. The summed E-state index contributed by atoms with van der Waals surface area (Å²) >= 11 is 0.637. The fraction of sp³-hybridized carbons (Fsp3) is 0.267. The molecule has 3 nitrogen and oxygen atoms in total. The van der Waals surface area contributed by atoms with Crippen LogP contribution >= 0.6 is 11.8 Å². The van der Waals surface area contributed by atoms with Gasteiger partial charge in [-0.1, -0.05) is 12.1 Å². The van der Waals surface area contributed by atoms with Crippen LogP contribution in [0.4, 0.5) is 18.9 Å². The van der Waals surface area contributed by atoms with E-state index in [1.54, 1.807) is 44.2 Å². The first-order valence-electron chi connectivity index (χ1n) is 6.43. The molecule has 118 valence electrons. The van der Waals surface area contributed by atoms with Crippen molar-refractivity contribution < 1.29 is 22.4 Å². The van der Waals surface area contributed by atoms with E-state index in [9.17, 15) is 18.0 Å². The molecule has 2 rings (SSSR count). The molecule has 0 unspecified atom stereocenters. The quantitative estimate of drug-likeness (QED) is 0.819. The van der Waals surface area contributed by atoms with E-state index in [0.29, 0.717) is 39.4 Å². The van der Waals surface area contributed by atoms with Crippen molar-refractivity contribution in [1.82, 2.24) is 0 Å². The zero-order valence-electron chi connectivity index (χ0n) is 12.0. The Morgan fingerprint density at radius 1 is 1.27 bits per heavy atom. The number of anilines is 1. The lowest BCUT2D eigenvalue weighted by Gasteiger charge is -2.11. The highest BCUT2D eigenvalue weighted by Gasteiger charge is 2.27. The monoisotopic (exact) mass is 329 g/mol. The van der Waals surface area contributed by atoms with E-state index < -0.39 is 17.8 Å². The number of aryl methyl sites for hydroxylation is 2. The molecule has 1 heterocycles. The molecule has 0 radical (unpaired) electrons. The van der Waals surface area contributed by atoms with E-state index in [0.717, 1.165) is 0 Å². The van der Waals surface area contributed by atoms with Crippen molar-refractivity contribution in [3.8, 4) is 0 Å². The smallest absolute Gasteiger partial charge is 0.398 e. The molecule has 22 heavy (non-hydrogen) atoms. The molecule has 0 spiro atoms. The van der Waals surface area contributed by atoms with Crippen molar-refractivity contribution in [1.29, 1.82) is 0 Å². The third-order valence-corrected chi connectivity index (χ3v) is 3.95. The van der Waals surface area contributed by atoms with E-state index in [4.69, 9.17) is 4.42 Å². The van der Waals surface area contributed by atoms with Crippen LogP contribution in [0.1, 0.15) is 21.9 Å². The van der Waals surface area contributed by atoms with Gasteiger partial charge in [-0.2, -0.15) is 13.2 Å². The normalized spacial score (nSPS) is 11.5. The highest BCUT2D eigenvalue weighted by Crippen LogP contribution is 2.32. The fourth-order valence-electron chi connectivity index (χ4n) is 1.90. The largest absolute Gasteiger partial charge is 0.466 e. The summed E-state index contributed by atoms with van der Waals surface area (Å²) in [6.07, 6.45) is -4.26. The molecule has 1 N–H and O–H groups in total. The van der Waals surface area contributed by atoms with Gasteiger partial charge in [0.15, 0.2) is 0 Å². The Hall–Kier alpha value is -1.89. The summed E-state index contributed by atoms with van der Waals surface area (Å²) < 4.78 is 42.3. The number of para-hydroxylation sites is 1. The first-order valence-corrected chi connectivity index (χ1v) is 7.42. The molecule has 0 fully saturated rings. The van der Waals surface area contributed by atoms with Crippen LogP contribution in [0, 0.1) is 13.8 Å². The first-order chi connectivity index (χ1) is 10.3. The van der Waals surface area contributed by atoms with E-state index >= 15 is 0 Å². The van der Waals surface area contributed by atoms with Gasteiger partial charge in [0.25, 0.3) is 5.91 Å². The number of alkyl halides is 3. The van der Waals surface area contributed by atoms with E-state index in [2.05, 4.69) is 5.32 Å². The highest BCUT2D eigenvalue weighted by atomic mass is 32.2. The Balaban J connectivity index is 2.16. The summed E-state index contributed by atoms with van der Waals surface area (Å²) in [5.74, 6) is -0.351. The first kappa shape index (κ1) is 16.5. The molecule has 0 saturated carbocycles. The summed E-state index contributed by atoms with van der Waals surface area (Å²) in [7, 11) is 0. The third kappa shape index (κ3) is 4.30. The highest BCUT2D eigenvalue weighted by molar-refractivity contribution is 7.99. The average molecular weight is 329 g/mol. The van der Waals surface area contributed by atoms with Gasteiger partial charge in [-0.05, 0) is 32.0 Å². The van der Waals surface area contributed by atoms with Gasteiger partial charge in [-0.15, -0.1) is 11.8 Å². The number of rotatable bonds is 4. The van der Waals surface area contributed by atoms with Crippen LogP contribution in [0.15, 0.2) is 39.6 Å². The summed E-state index contributed by atoms with van der Waals surface area (Å²) in [6, 6.07) is 7.98. The lowest BCUT2D eigenvalue weighted by atomic mass is 10.2. The molecule has 7 heteroatoms. The van der Waals surface area contributed by atoms with Crippen LogP contribution in [0.2, 0.25) is 0 Å². The number of carbonyl (C=O) groups is 1. The minimum atomic E-state index is -4.26. The van der Waals surface area contributed by atoms with Gasteiger partial charge in [0.2, 0.25) is 0 Å². The number of nitrogens with one attached hydrogen (secondary N) is 1. The van der Waals surface area contributed by atoms with Crippen LogP contribution in [-0.2, 0) is 0 Å². The summed E-state index contributed by atoms with van der Waals surface area (Å²) in [6.45, 7) is 3.38. The molecule has 0 aliphatic carbocycles.